The van der Waals surface area contributed by atoms with Gasteiger partial charge in [-0.25, -0.2) is 4.98 Å². The van der Waals surface area contributed by atoms with Crippen LogP contribution in [0.3, 0.4) is 0 Å². The third-order valence-corrected chi connectivity index (χ3v) is 6.50. The molecule has 4 rings (SSSR count). The maximum absolute atomic E-state index is 12.6. The summed E-state index contributed by atoms with van der Waals surface area (Å²) in [6.45, 7) is 9.96. The van der Waals surface area contributed by atoms with Crippen molar-refractivity contribution in [3.8, 4) is 11.3 Å². The Balaban J connectivity index is 1.50. The summed E-state index contributed by atoms with van der Waals surface area (Å²) in [4.78, 5) is 26.2. The number of pyridine rings is 2. The van der Waals surface area contributed by atoms with Crippen molar-refractivity contribution in [3.63, 3.8) is 0 Å². The summed E-state index contributed by atoms with van der Waals surface area (Å²) in [5.74, 6) is 0.0696. The van der Waals surface area contributed by atoms with Crippen molar-refractivity contribution in [2.24, 2.45) is 0 Å². The lowest BCUT2D eigenvalue weighted by Crippen LogP contribution is -2.31. The highest BCUT2D eigenvalue weighted by molar-refractivity contribution is 5.95. The number of carbonyl (C=O) groups excluding carboxylic acids is 1. The van der Waals surface area contributed by atoms with Crippen molar-refractivity contribution in [2.75, 3.05) is 44.6 Å². The molecule has 0 aliphatic carbocycles. The minimum atomic E-state index is 0.0696. The van der Waals surface area contributed by atoms with Gasteiger partial charge in [0.15, 0.2) is 0 Å². The lowest BCUT2D eigenvalue weighted by molar-refractivity contribution is 0.0773. The van der Waals surface area contributed by atoms with E-state index in [1.54, 1.807) is 6.20 Å². The number of hydrogen-bond acceptors (Lipinski definition) is 5. The first kappa shape index (κ1) is 23.2. The first-order valence-corrected chi connectivity index (χ1v) is 12.3. The molecule has 3 heterocycles. The topological polar surface area (TPSA) is 61.4 Å². The summed E-state index contributed by atoms with van der Waals surface area (Å²) < 4.78 is 0. The van der Waals surface area contributed by atoms with E-state index in [2.05, 4.69) is 21.3 Å². The maximum atomic E-state index is 12.6. The van der Waals surface area contributed by atoms with Crippen molar-refractivity contribution in [2.45, 2.75) is 39.5 Å². The van der Waals surface area contributed by atoms with Gasteiger partial charge in [0.2, 0.25) is 0 Å². The molecule has 3 aromatic rings. The molecule has 33 heavy (non-hydrogen) atoms. The molecule has 0 atom stereocenters. The summed E-state index contributed by atoms with van der Waals surface area (Å²) in [6, 6.07) is 11.8. The number of nitrogens with one attached hydrogen (secondary N) is 1. The number of aromatic nitrogens is 2. The molecule has 0 saturated carbocycles. The number of likely N-dealkylation sites (tertiary alicyclic amines) is 1. The average Bonchev–Trinajstić information content (AvgIpc) is 2.87. The third-order valence-electron chi connectivity index (χ3n) is 6.50. The van der Waals surface area contributed by atoms with Crippen LogP contribution in [0.4, 0.5) is 5.69 Å². The van der Waals surface area contributed by atoms with E-state index in [4.69, 9.17) is 4.98 Å². The van der Waals surface area contributed by atoms with Crippen LogP contribution in [0.25, 0.3) is 22.2 Å². The smallest absolute Gasteiger partial charge is 0.253 e. The molecular formula is C27H35N5O. The van der Waals surface area contributed by atoms with E-state index in [0.717, 1.165) is 47.4 Å². The zero-order valence-corrected chi connectivity index (χ0v) is 19.9. The number of amides is 1. The van der Waals surface area contributed by atoms with Gasteiger partial charge in [0.05, 0.1) is 11.2 Å². The fourth-order valence-corrected chi connectivity index (χ4v) is 4.55. The van der Waals surface area contributed by atoms with Crippen LogP contribution in [0.5, 0.6) is 0 Å². The molecule has 1 aromatic carbocycles. The zero-order chi connectivity index (χ0) is 23.0. The van der Waals surface area contributed by atoms with Gasteiger partial charge >= 0.3 is 0 Å². The lowest BCUT2D eigenvalue weighted by atomic mass is 10.1. The van der Waals surface area contributed by atoms with Crippen LogP contribution in [-0.2, 0) is 0 Å². The van der Waals surface area contributed by atoms with Crippen molar-refractivity contribution in [1.29, 1.82) is 0 Å². The van der Waals surface area contributed by atoms with Gasteiger partial charge in [-0.1, -0.05) is 18.6 Å². The number of piperidine rings is 1. The molecule has 6 heteroatoms. The summed E-state index contributed by atoms with van der Waals surface area (Å²) in [5.41, 5.74) is 4.59. The molecule has 1 saturated heterocycles. The highest BCUT2D eigenvalue weighted by Gasteiger charge is 2.14. The molecule has 1 amide bonds. The van der Waals surface area contributed by atoms with Crippen molar-refractivity contribution >= 4 is 22.5 Å². The van der Waals surface area contributed by atoms with E-state index in [-0.39, 0.29) is 5.91 Å². The second kappa shape index (κ2) is 11.2. The predicted octanol–water partition coefficient (Wildman–Crippen LogP) is 5.07. The molecule has 174 valence electrons. The third kappa shape index (κ3) is 5.69. The normalized spacial score (nSPS) is 14.4. The molecule has 0 spiro atoms. The SMILES string of the molecule is CCN(CC)C(=O)c1ccc(-c2cc(NCCCN3CCCCC3)c3cnccc3n2)cc1. The van der Waals surface area contributed by atoms with Gasteiger partial charge in [-0.05, 0) is 77.0 Å². The standard InChI is InChI=1S/C27H35N5O/c1-3-32(4-2)27(33)22-11-9-21(10-12-22)25-19-26(23-20-28-15-13-24(23)30-25)29-14-8-18-31-16-6-5-7-17-31/h9-13,15,19-20H,3-8,14,16-18H2,1-2H3,(H,29,30). The van der Waals surface area contributed by atoms with Gasteiger partial charge in [0.1, 0.15) is 0 Å². The number of nitrogens with zero attached hydrogens (tertiary/aromatic N) is 4. The van der Waals surface area contributed by atoms with Crippen molar-refractivity contribution in [3.05, 3.63) is 54.4 Å². The molecule has 6 nitrogen and oxygen atoms in total. The minimum Gasteiger partial charge on any atom is -0.384 e. The molecule has 0 unspecified atom stereocenters. The number of carbonyl (C=O) groups is 1. The van der Waals surface area contributed by atoms with E-state index >= 15 is 0 Å². The summed E-state index contributed by atoms with van der Waals surface area (Å²) in [5, 5.41) is 4.66. The number of rotatable bonds is 9. The Bertz CT molecular complexity index is 1060. The number of fused-ring (bicyclic) bond motifs is 1. The van der Waals surface area contributed by atoms with Crippen LogP contribution in [0.1, 0.15) is 49.9 Å². The number of anilines is 1. The molecule has 1 N–H and O–H groups in total. The maximum Gasteiger partial charge on any atom is 0.253 e. The fraction of sp³-hybridized carbons (Fsp3) is 0.444. The Labute approximate surface area is 197 Å². The molecule has 2 aromatic heterocycles. The van der Waals surface area contributed by atoms with Gasteiger partial charge in [0.25, 0.3) is 5.91 Å². The van der Waals surface area contributed by atoms with E-state index in [0.29, 0.717) is 18.7 Å². The second-order valence-electron chi connectivity index (χ2n) is 8.69. The Hall–Kier alpha value is -2.99. The molecule has 1 aliphatic rings. The zero-order valence-electron chi connectivity index (χ0n) is 19.9. The van der Waals surface area contributed by atoms with Crippen molar-refractivity contribution in [1.82, 2.24) is 19.8 Å². The second-order valence-corrected chi connectivity index (χ2v) is 8.69. The summed E-state index contributed by atoms with van der Waals surface area (Å²) in [7, 11) is 0. The highest BCUT2D eigenvalue weighted by Crippen LogP contribution is 2.28. The van der Waals surface area contributed by atoms with Gasteiger partial charge in [-0.3, -0.25) is 9.78 Å². The first-order chi connectivity index (χ1) is 16.2. The molecule has 0 radical (unpaired) electrons. The summed E-state index contributed by atoms with van der Waals surface area (Å²) >= 11 is 0. The Morgan fingerprint density at radius 2 is 1.82 bits per heavy atom. The molecule has 1 fully saturated rings. The Morgan fingerprint density at radius 1 is 1.06 bits per heavy atom. The van der Waals surface area contributed by atoms with Crippen molar-refractivity contribution < 1.29 is 4.79 Å². The molecule has 0 bridgehead atoms. The van der Waals surface area contributed by atoms with Crippen LogP contribution in [-0.4, -0.2) is 64.9 Å². The van der Waals surface area contributed by atoms with Gasteiger partial charge < -0.3 is 15.1 Å². The van der Waals surface area contributed by atoms with E-state index in [1.165, 1.54) is 32.4 Å². The van der Waals surface area contributed by atoms with Gasteiger partial charge in [-0.2, -0.15) is 0 Å². The lowest BCUT2D eigenvalue weighted by Gasteiger charge is -2.26. The van der Waals surface area contributed by atoms with E-state index < -0.39 is 0 Å². The van der Waals surface area contributed by atoms with Crippen LogP contribution in [0.15, 0.2) is 48.8 Å². The molecule has 1 aliphatic heterocycles. The highest BCUT2D eigenvalue weighted by atomic mass is 16.2. The van der Waals surface area contributed by atoms with Crippen LogP contribution in [0, 0.1) is 0 Å². The molecular weight excluding hydrogens is 410 g/mol. The van der Waals surface area contributed by atoms with Crippen LogP contribution in [0.2, 0.25) is 0 Å². The number of benzene rings is 1. The average molecular weight is 446 g/mol. The van der Waals surface area contributed by atoms with Gasteiger partial charge in [0, 0.05) is 54.2 Å². The summed E-state index contributed by atoms with van der Waals surface area (Å²) in [6.07, 6.45) is 8.81. The van der Waals surface area contributed by atoms with Crippen LogP contribution < -0.4 is 5.32 Å². The minimum absolute atomic E-state index is 0.0696. The van der Waals surface area contributed by atoms with Crippen LogP contribution >= 0.6 is 0 Å². The largest absolute Gasteiger partial charge is 0.384 e. The Morgan fingerprint density at radius 3 is 2.55 bits per heavy atom. The predicted molar refractivity (Wildman–Crippen MR) is 136 cm³/mol. The monoisotopic (exact) mass is 445 g/mol. The number of hydrogen-bond donors (Lipinski definition) is 1. The van der Waals surface area contributed by atoms with E-state index in [9.17, 15) is 4.79 Å². The Kier molecular flexibility index (Phi) is 7.89. The fourth-order valence-electron chi connectivity index (χ4n) is 4.55. The van der Waals surface area contributed by atoms with E-state index in [1.807, 2.05) is 55.3 Å². The quantitative estimate of drug-likeness (QED) is 0.466. The van der Waals surface area contributed by atoms with Gasteiger partial charge in [-0.15, -0.1) is 0 Å². The first-order valence-electron chi connectivity index (χ1n) is 12.3.